The van der Waals surface area contributed by atoms with Gasteiger partial charge in [-0.15, -0.1) is 0 Å². The number of pyridine rings is 1. The van der Waals surface area contributed by atoms with Crippen LogP contribution in [0.3, 0.4) is 0 Å². The first-order valence-corrected chi connectivity index (χ1v) is 9.60. The molecule has 148 valence electrons. The van der Waals surface area contributed by atoms with E-state index >= 15 is 0 Å². The Morgan fingerprint density at radius 3 is 2.46 bits per heavy atom. The molecule has 1 fully saturated rings. The molecule has 0 unspecified atom stereocenters. The average Bonchev–Trinajstić information content (AvgIpc) is 2.73. The molecule has 1 aliphatic rings. The Morgan fingerprint density at radius 1 is 1.07 bits per heavy atom. The third kappa shape index (κ3) is 5.00. The van der Waals surface area contributed by atoms with Gasteiger partial charge in [-0.05, 0) is 55.7 Å². The molecule has 7 heteroatoms. The predicted octanol–water partition coefficient (Wildman–Crippen LogP) is 2.51. The van der Waals surface area contributed by atoms with Crippen LogP contribution in [0.4, 0.5) is 17.2 Å². The number of benzene rings is 1. The van der Waals surface area contributed by atoms with Crippen molar-refractivity contribution in [2.24, 2.45) is 0 Å². The number of anilines is 3. The summed E-state index contributed by atoms with van der Waals surface area (Å²) in [4.78, 5) is 32.9. The quantitative estimate of drug-likeness (QED) is 0.804. The highest BCUT2D eigenvalue weighted by atomic mass is 16.2. The molecule has 7 nitrogen and oxygen atoms in total. The van der Waals surface area contributed by atoms with E-state index < -0.39 is 0 Å². The van der Waals surface area contributed by atoms with Gasteiger partial charge in [0.05, 0.1) is 12.1 Å². The first kappa shape index (κ1) is 19.7. The van der Waals surface area contributed by atoms with E-state index in [1.807, 2.05) is 38.4 Å². The molecule has 2 heterocycles. The van der Waals surface area contributed by atoms with Crippen LogP contribution in [0.1, 0.15) is 29.6 Å². The molecule has 0 atom stereocenters. The van der Waals surface area contributed by atoms with Crippen molar-refractivity contribution in [3.8, 4) is 0 Å². The van der Waals surface area contributed by atoms with Crippen molar-refractivity contribution >= 4 is 29.0 Å². The van der Waals surface area contributed by atoms with E-state index in [2.05, 4.69) is 20.5 Å². The summed E-state index contributed by atoms with van der Waals surface area (Å²) in [6.07, 6.45) is 5.38. The Hall–Kier alpha value is -3.09. The van der Waals surface area contributed by atoms with Crippen molar-refractivity contribution < 1.29 is 9.59 Å². The van der Waals surface area contributed by atoms with Gasteiger partial charge in [-0.3, -0.25) is 9.59 Å². The van der Waals surface area contributed by atoms with Crippen molar-refractivity contribution in [3.05, 3.63) is 48.2 Å². The average molecular weight is 381 g/mol. The van der Waals surface area contributed by atoms with Gasteiger partial charge in [-0.1, -0.05) is 0 Å². The van der Waals surface area contributed by atoms with Gasteiger partial charge in [-0.25, -0.2) is 4.98 Å². The van der Waals surface area contributed by atoms with Gasteiger partial charge in [-0.2, -0.15) is 0 Å². The summed E-state index contributed by atoms with van der Waals surface area (Å²) in [5.74, 6) is -0.0320. The summed E-state index contributed by atoms with van der Waals surface area (Å²) in [6.45, 7) is 2.07. The number of rotatable bonds is 6. The van der Waals surface area contributed by atoms with E-state index in [-0.39, 0.29) is 18.4 Å². The number of amides is 2. The van der Waals surface area contributed by atoms with Gasteiger partial charge in [0.15, 0.2) is 0 Å². The number of piperidine rings is 1. The first-order valence-electron chi connectivity index (χ1n) is 9.60. The fourth-order valence-electron chi connectivity index (χ4n) is 3.30. The Bertz CT molecular complexity index is 814. The van der Waals surface area contributed by atoms with Gasteiger partial charge >= 0.3 is 0 Å². The largest absolute Gasteiger partial charge is 0.372 e. The number of nitrogens with one attached hydrogen (secondary N) is 2. The lowest BCUT2D eigenvalue weighted by Crippen LogP contribution is -2.33. The molecular weight excluding hydrogens is 354 g/mol. The Balaban J connectivity index is 1.52. The second kappa shape index (κ2) is 9.21. The zero-order chi connectivity index (χ0) is 19.9. The summed E-state index contributed by atoms with van der Waals surface area (Å²) in [5.41, 5.74) is 2.33. The van der Waals surface area contributed by atoms with Crippen molar-refractivity contribution in [1.29, 1.82) is 0 Å². The number of nitrogens with zero attached hydrogens (tertiary/aromatic N) is 3. The van der Waals surface area contributed by atoms with E-state index in [4.69, 9.17) is 0 Å². The maximum absolute atomic E-state index is 12.4. The number of carbonyl (C=O) groups excluding carboxylic acids is 2. The summed E-state index contributed by atoms with van der Waals surface area (Å²) in [6, 6.07) is 11.2. The minimum Gasteiger partial charge on any atom is -0.372 e. The third-order valence-electron chi connectivity index (χ3n) is 4.74. The topological polar surface area (TPSA) is 77.6 Å². The first-order chi connectivity index (χ1) is 13.5. The van der Waals surface area contributed by atoms with Gasteiger partial charge in [0.2, 0.25) is 5.91 Å². The molecule has 28 heavy (non-hydrogen) atoms. The van der Waals surface area contributed by atoms with Crippen molar-refractivity contribution in [2.45, 2.75) is 19.3 Å². The molecule has 2 amide bonds. The lowest BCUT2D eigenvalue weighted by molar-refractivity contribution is -0.115. The Labute approximate surface area is 165 Å². The lowest BCUT2D eigenvalue weighted by atomic mass is 10.1. The van der Waals surface area contributed by atoms with Crippen LogP contribution in [0.15, 0.2) is 42.6 Å². The minimum atomic E-state index is -0.326. The van der Waals surface area contributed by atoms with Crippen LogP contribution in [0.25, 0.3) is 0 Å². The zero-order valence-corrected chi connectivity index (χ0v) is 16.4. The third-order valence-corrected chi connectivity index (χ3v) is 4.74. The van der Waals surface area contributed by atoms with Gasteiger partial charge in [0.25, 0.3) is 5.91 Å². The summed E-state index contributed by atoms with van der Waals surface area (Å²) in [7, 11) is 3.64. The molecule has 0 aliphatic carbocycles. The Morgan fingerprint density at radius 2 is 1.79 bits per heavy atom. The summed E-state index contributed by atoms with van der Waals surface area (Å²) < 4.78 is 0. The highest BCUT2D eigenvalue weighted by Crippen LogP contribution is 2.21. The van der Waals surface area contributed by atoms with E-state index in [9.17, 15) is 9.59 Å². The van der Waals surface area contributed by atoms with Crippen LogP contribution in [-0.4, -0.2) is 50.5 Å². The number of hydrogen-bond donors (Lipinski definition) is 2. The van der Waals surface area contributed by atoms with E-state index in [1.165, 1.54) is 24.9 Å². The summed E-state index contributed by atoms with van der Waals surface area (Å²) >= 11 is 0. The molecule has 2 N–H and O–H groups in total. The SMILES string of the molecule is CN(C)c1ncccc1C(=O)NCC(=O)Nc1ccc(N2CCCCC2)cc1. The van der Waals surface area contributed by atoms with E-state index in [0.717, 1.165) is 18.8 Å². The highest BCUT2D eigenvalue weighted by molar-refractivity contribution is 6.02. The standard InChI is InChI=1S/C21H27N5O2/c1-25(2)20-18(7-6-12-22-20)21(28)23-15-19(27)24-16-8-10-17(11-9-16)26-13-4-3-5-14-26/h6-12H,3-5,13-15H2,1-2H3,(H,23,28)(H,24,27). The molecule has 1 aromatic heterocycles. The van der Waals surface area contributed by atoms with Gasteiger partial charge < -0.3 is 20.4 Å². The van der Waals surface area contributed by atoms with Crippen molar-refractivity contribution in [2.75, 3.05) is 48.8 Å². The van der Waals surface area contributed by atoms with Crippen molar-refractivity contribution in [1.82, 2.24) is 10.3 Å². The molecule has 1 aromatic carbocycles. The van der Waals surface area contributed by atoms with E-state index in [1.54, 1.807) is 23.2 Å². The fraction of sp³-hybridized carbons (Fsp3) is 0.381. The molecule has 0 bridgehead atoms. The smallest absolute Gasteiger partial charge is 0.255 e. The normalized spacial score (nSPS) is 13.7. The molecule has 1 saturated heterocycles. The molecule has 2 aromatic rings. The van der Waals surface area contributed by atoms with Crippen LogP contribution in [-0.2, 0) is 4.79 Å². The number of carbonyl (C=O) groups is 2. The lowest BCUT2D eigenvalue weighted by Gasteiger charge is -2.28. The van der Waals surface area contributed by atoms with Gasteiger partial charge in [0.1, 0.15) is 5.82 Å². The fourth-order valence-corrected chi connectivity index (χ4v) is 3.30. The van der Waals surface area contributed by atoms with Crippen LogP contribution in [0.2, 0.25) is 0 Å². The highest BCUT2D eigenvalue weighted by Gasteiger charge is 2.15. The second-order valence-electron chi connectivity index (χ2n) is 7.09. The summed E-state index contributed by atoms with van der Waals surface area (Å²) in [5, 5.41) is 5.47. The molecule has 3 rings (SSSR count). The van der Waals surface area contributed by atoms with E-state index in [0.29, 0.717) is 11.4 Å². The molecule has 0 radical (unpaired) electrons. The molecule has 0 spiro atoms. The maximum atomic E-state index is 12.4. The zero-order valence-electron chi connectivity index (χ0n) is 16.4. The van der Waals surface area contributed by atoms with Crippen LogP contribution in [0.5, 0.6) is 0 Å². The van der Waals surface area contributed by atoms with Crippen LogP contribution in [0, 0.1) is 0 Å². The number of aromatic nitrogens is 1. The monoisotopic (exact) mass is 381 g/mol. The Kier molecular flexibility index (Phi) is 6.47. The van der Waals surface area contributed by atoms with Crippen LogP contribution < -0.4 is 20.4 Å². The predicted molar refractivity (Wildman–Crippen MR) is 112 cm³/mol. The second-order valence-corrected chi connectivity index (χ2v) is 7.09. The number of hydrogen-bond acceptors (Lipinski definition) is 5. The van der Waals surface area contributed by atoms with Crippen LogP contribution >= 0.6 is 0 Å². The maximum Gasteiger partial charge on any atom is 0.255 e. The molecule has 1 aliphatic heterocycles. The van der Waals surface area contributed by atoms with Crippen molar-refractivity contribution in [3.63, 3.8) is 0 Å². The van der Waals surface area contributed by atoms with Gasteiger partial charge in [0, 0.05) is 44.8 Å². The molecular formula is C21H27N5O2. The minimum absolute atomic E-state index is 0.103. The molecule has 0 saturated carbocycles.